The quantitative estimate of drug-likeness (QED) is 0.558. The van der Waals surface area contributed by atoms with Crippen LogP contribution in [-0.2, 0) is 0 Å². The fourth-order valence-electron chi connectivity index (χ4n) is 4.33. The lowest BCUT2D eigenvalue weighted by Gasteiger charge is -2.40. The zero-order chi connectivity index (χ0) is 19.8. The Morgan fingerprint density at radius 3 is 2.54 bits per heavy atom. The summed E-state index contributed by atoms with van der Waals surface area (Å²) in [4.78, 5) is 10.0. The molecule has 2 aliphatic heterocycles. The molecule has 2 N–H and O–H groups in total. The fourth-order valence-corrected chi connectivity index (χ4v) is 4.33. The molecule has 0 radical (unpaired) electrons. The zero-order valence-corrected chi connectivity index (χ0v) is 18.1. The summed E-state index contributed by atoms with van der Waals surface area (Å²) in [5.74, 6) is 1.63. The third-order valence-electron chi connectivity index (χ3n) is 6.15. The van der Waals surface area contributed by atoms with Crippen LogP contribution >= 0.6 is 0 Å². The van der Waals surface area contributed by atoms with E-state index in [4.69, 9.17) is 4.99 Å². The summed E-state index contributed by atoms with van der Waals surface area (Å²) in [7, 11) is 0. The summed E-state index contributed by atoms with van der Waals surface area (Å²) < 4.78 is 0. The van der Waals surface area contributed by atoms with Crippen molar-refractivity contribution in [2.75, 3.05) is 50.7 Å². The number of guanidine groups is 1. The fraction of sp³-hybridized carbons (Fsp3) is 0.696. The van der Waals surface area contributed by atoms with Gasteiger partial charge in [0.25, 0.3) is 0 Å². The Bertz CT molecular complexity index is 607. The zero-order valence-electron chi connectivity index (χ0n) is 18.1. The first kappa shape index (κ1) is 21.0. The molecule has 1 aromatic carbocycles. The molecular formula is C23H39N5. The Kier molecular flexibility index (Phi) is 7.60. The van der Waals surface area contributed by atoms with Crippen molar-refractivity contribution in [1.82, 2.24) is 15.5 Å². The highest BCUT2D eigenvalue weighted by molar-refractivity contribution is 5.79. The maximum absolute atomic E-state index is 4.94. The summed E-state index contributed by atoms with van der Waals surface area (Å²) in [6.45, 7) is 14.2. The van der Waals surface area contributed by atoms with Crippen molar-refractivity contribution >= 4 is 11.6 Å². The van der Waals surface area contributed by atoms with Gasteiger partial charge in [-0.1, -0.05) is 24.6 Å². The highest BCUT2D eigenvalue weighted by Crippen LogP contribution is 2.23. The largest absolute Gasteiger partial charge is 0.371 e. The van der Waals surface area contributed by atoms with E-state index in [1.165, 1.54) is 44.5 Å². The third-order valence-corrected chi connectivity index (χ3v) is 6.15. The van der Waals surface area contributed by atoms with Gasteiger partial charge >= 0.3 is 0 Å². The summed E-state index contributed by atoms with van der Waals surface area (Å²) in [6, 6.07) is 10.8. The van der Waals surface area contributed by atoms with Crippen LogP contribution in [-0.4, -0.2) is 62.2 Å². The van der Waals surface area contributed by atoms with Crippen LogP contribution in [0.4, 0.5) is 5.69 Å². The molecule has 1 unspecified atom stereocenters. The number of anilines is 1. The molecule has 2 fully saturated rings. The minimum absolute atomic E-state index is 0.125. The van der Waals surface area contributed by atoms with E-state index in [1.54, 1.807) is 0 Å². The van der Waals surface area contributed by atoms with Gasteiger partial charge in [-0.25, -0.2) is 0 Å². The first-order valence-electron chi connectivity index (χ1n) is 11.2. The van der Waals surface area contributed by atoms with Crippen LogP contribution < -0.4 is 15.5 Å². The second-order valence-corrected chi connectivity index (χ2v) is 8.87. The number of para-hydroxylation sites is 1. The second-order valence-electron chi connectivity index (χ2n) is 8.87. The van der Waals surface area contributed by atoms with Gasteiger partial charge in [-0.05, 0) is 71.2 Å². The lowest BCUT2D eigenvalue weighted by atomic mass is 9.99. The van der Waals surface area contributed by atoms with Gasteiger partial charge in [0.05, 0.1) is 6.54 Å². The van der Waals surface area contributed by atoms with E-state index in [0.717, 1.165) is 38.7 Å². The second kappa shape index (κ2) is 10.1. The average Bonchev–Trinajstić information content (AvgIpc) is 3.20. The number of aliphatic imine (C=N–C) groups is 1. The van der Waals surface area contributed by atoms with Crippen LogP contribution in [0.25, 0.3) is 0 Å². The predicted octanol–water partition coefficient (Wildman–Crippen LogP) is 3.33. The highest BCUT2D eigenvalue weighted by Gasteiger charge is 2.28. The molecule has 28 heavy (non-hydrogen) atoms. The van der Waals surface area contributed by atoms with E-state index in [-0.39, 0.29) is 5.54 Å². The molecule has 156 valence electrons. The average molecular weight is 386 g/mol. The number of piperidine rings is 1. The van der Waals surface area contributed by atoms with Crippen molar-refractivity contribution in [3.63, 3.8) is 0 Å². The van der Waals surface area contributed by atoms with Crippen LogP contribution in [0.15, 0.2) is 35.3 Å². The highest BCUT2D eigenvalue weighted by atomic mass is 15.2. The first-order chi connectivity index (χ1) is 13.6. The van der Waals surface area contributed by atoms with Gasteiger partial charge in [-0.15, -0.1) is 0 Å². The van der Waals surface area contributed by atoms with Crippen molar-refractivity contribution in [3.8, 4) is 0 Å². The molecule has 1 aromatic rings. The lowest BCUT2D eigenvalue weighted by Crippen LogP contribution is -2.49. The topological polar surface area (TPSA) is 42.9 Å². The van der Waals surface area contributed by atoms with Crippen LogP contribution in [0.2, 0.25) is 0 Å². The van der Waals surface area contributed by atoms with E-state index in [0.29, 0.717) is 5.92 Å². The number of hydrogen-bond acceptors (Lipinski definition) is 3. The van der Waals surface area contributed by atoms with Crippen molar-refractivity contribution in [1.29, 1.82) is 0 Å². The number of nitrogens with zero attached hydrogens (tertiary/aromatic N) is 3. The Morgan fingerprint density at radius 1 is 1.07 bits per heavy atom. The minimum atomic E-state index is 0.125. The van der Waals surface area contributed by atoms with Crippen molar-refractivity contribution in [2.24, 2.45) is 10.9 Å². The Labute approximate surface area is 171 Å². The maximum atomic E-state index is 4.94. The van der Waals surface area contributed by atoms with E-state index in [9.17, 15) is 0 Å². The molecule has 0 aromatic heterocycles. The predicted molar refractivity (Wildman–Crippen MR) is 120 cm³/mol. The van der Waals surface area contributed by atoms with Crippen molar-refractivity contribution in [2.45, 2.75) is 52.0 Å². The summed E-state index contributed by atoms with van der Waals surface area (Å²) in [5, 5.41) is 7.04. The number of nitrogens with one attached hydrogen (secondary N) is 2. The van der Waals surface area contributed by atoms with Gasteiger partial charge in [-0.2, -0.15) is 0 Å². The lowest BCUT2D eigenvalue weighted by molar-refractivity contribution is 0.102. The molecule has 0 bridgehead atoms. The van der Waals surface area contributed by atoms with Crippen molar-refractivity contribution < 1.29 is 0 Å². The smallest absolute Gasteiger partial charge is 0.191 e. The SMILES string of the molecule is CCNC(=NCC(C)(C)N1CCCCC1)NCC1CCN(c2ccccc2)C1. The molecule has 0 aliphatic carbocycles. The van der Waals surface area contributed by atoms with Crippen molar-refractivity contribution in [3.05, 3.63) is 30.3 Å². The molecule has 2 heterocycles. The van der Waals surface area contributed by atoms with Gasteiger partial charge in [-0.3, -0.25) is 9.89 Å². The summed E-state index contributed by atoms with van der Waals surface area (Å²) in [6.07, 6.45) is 5.26. The molecule has 2 aliphatic rings. The van der Waals surface area contributed by atoms with Gasteiger partial charge in [0, 0.05) is 37.4 Å². The molecule has 5 nitrogen and oxygen atoms in total. The number of hydrogen-bond donors (Lipinski definition) is 2. The van der Waals surface area contributed by atoms with Crippen LogP contribution in [0.5, 0.6) is 0 Å². The molecule has 5 heteroatoms. The van der Waals surface area contributed by atoms with E-state index in [1.807, 2.05) is 0 Å². The summed E-state index contributed by atoms with van der Waals surface area (Å²) >= 11 is 0. The molecule has 0 saturated carbocycles. The molecule has 0 spiro atoms. The van der Waals surface area contributed by atoms with Gasteiger partial charge < -0.3 is 15.5 Å². The maximum Gasteiger partial charge on any atom is 0.191 e. The normalized spacial score (nSPS) is 21.8. The Hall–Kier alpha value is -1.75. The summed E-state index contributed by atoms with van der Waals surface area (Å²) in [5.41, 5.74) is 1.47. The van der Waals surface area contributed by atoms with Gasteiger partial charge in [0.2, 0.25) is 0 Å². The number of rotatable bonds is 7. The molecule has 1 atom stereocenters. The molecule has 0 amide bonds. The minimum Gasteiger partial charge on any atom is -0.371 e. The molecular weight excluding hydrogens is 346 g/mol. The van der Waals surface area contributed by atoms with E-state index in [2.05, 4.69) is 71.5 Å². The number of benzene rings is 1. The molecule has 2 saturated heterocycles. The van der Waals surface area contributed by atoms with Crippen LogP contribution in [0.3, 0.4) is 0 Å². The van der Waals surface area contributed by atoms with Crippen LogP contribution in [0.1, 0.15) is 46.5 Å². The van der Waals surface area contributed by atoms with E-state index >= 15 is 0 Å². The van der Waals surface area contributed by atoms with Gasteiger partial charge in [0.1, 0.15) is 0 Å². The monoisotopic (exact) mass is 385 g/mol. The Morgan fingerprint density at radius 2 is 1.82 bits per heavy atom. The molecule has 3 rings (SSSR count). The Balaban J connectivity index is 1.49. The van der Waals surface area contributed by atoms with E-state index < -0.39 is 0 Å². The van der Waals surface area contributed by atoms with Gasteiger partial charge in [0.15, 0.2) is 5.96 Å². The first-order valence-corrected chi connectivity index (χ1v) is 11.2. The third kappa shape index (κ3) is 5.87. The van der Waals surface area contributed by atoms with Crippen LogP contribution in [0, 0.1) is 5.92 Å². The standard InChI is InChI=1S/C23H39N5/c1-4-24-22(26-19-23(2,3)28-14-9-6-10-15-28)25-17-20-13-16-27(18-20)21-11-7-5-8-12-21/h5,7-8,11-12,20H,4,6,9-10,13-19H2,1-3H3,(H2,24,25,26). The number of likely N-dealkylation sites (tertiary alicyclic amines) is 1.